The number of thiazole rings is 1. The van der Waals surface area contributed by atoms with Gasteiger partial charge in [0, 0.05) is 17.8 Å². The minimum Gasteiger partial charge on any atom is -0.375 e. The van der Waals surface area contributed by atoms with Crippen molar-refractivity contribution < 1.29 is 0 Å². The first-order valence-electron chi connectivity index (χ1n) is 3.45. The van der Waals surface area contributed by atoms with E-state index < -0.39 is 0 Å². The first kappa shape index (κ1) is 8.40. The zero-order valence-electron chi connectivity index (χ0n) is 6.44. The molecule has 0 saturated carbocycles. The Hall–Kier alpha value is -1.20. The lowest BCUT2D eigenvalue weighted by Crippen LogP contribution is -1.88. The summed E-state index contributed by atoms with van der Waals surface area (Å²) in [6.45, 7) is 0. The van der Waals surface area contributed by atoms with Gasteiger partial charge in [-0.15, -0.1) is 11.3 Å². The Balaban J connectivity index is 2.52. The molecule has 0 aromatic carbocycles. The number of hydrogen-bond donors (Lipinski definition) is 1. The summed E-state index contributed by atoms with van der Waals surface area (Å²) >= 11 is 7.17. The van der Waals surface area contributed by atoms with Crippen LogP contribution in [0.1, 0.15) is 0 Å². The summed E-state index contributed by atoms with van der Waals surface area (Å²) in [5.41, 5.74) is 6.72. The highest BCUT2D eigenvalue weighted by Crippen LogP contribution is 2.25. The Labute approximate surface area is 83.4 Å². The van der Waals surface area contributed by atoms with Crippen LogP contribution < -0.4 is 5.73 Å². The molecule has 2 N–H and O–H groups in total. The van der Waals surface area contributed by atoms with Gasteiger partial charge in [-0.2, -0.15) is 0 Å². The molecule has 6 heteroatoms. The Kier molecular flexibility index (Phi) is 2.12. The van der Waals surface area contributed by atoms with Gasteiger partial charge in [0.25, 0.3) is 0 Å². The molecule has 0 aliphatic heterocycles. The van der Waals surface area contributed by atoms with E-state index in [2.05, 4.69) is 15.0 Å². The number of rotatable bonds is 1. The summed E-state index contributed by atoms with van der Waals surface area (Å²) in [5.74, 6) is 0. The fourth-order valence-electron chi connectivity index (χ4n) is 0.889. The Morgan fingerprint density at radius 1 is 1.31 bits per heavy atom. The van der Waals surface area contributed by atoms with Gasteiger partial charge in [0.1, 0.15) is 11.4 Å². The average molecular weight is 213 g/mol. The third-order valence-electron chi connectivity index (χ3n) is 1.42. The molecule has 0 unspecified atom stereocenters. The van der Waals surface area contributed by atoms with Gasteiger partial charge in [0.15, 0.2) is 10.3 Å². The van der Waals surface area contributed by atoms with Crippen LogP contribution in [0.15, 0.2) is 17.8 Å². The van der Waals surface area contributed by atoms with Crippen molar-refractivity contribution in [2.75, 3.05) is 5.73 Å². The van der Waals surface area contributed by atoms with E-state index in [1.54, 1.807) is 11.6 Å². The van der Waals surface area contributed by atoms with Crippen LogP contribution in [0.3, 0.4) is 0 Å². The predicted octanol–water partition coefficient (Wildman–Crippen LogP) is 1.84. The van der Waals surface area contributed by atoms with Gasteiger partial charge < -0.3 is 5.73 Å². The third kappa shape index (κ3) is 1.61. The molecule has 66 valence electrons. The van der Waals surface area contributed by atoms with Crippen LogP contribution in [-0.2, 0) is 0 Å². The molecular formula is C7H5ClN4S. The lowest BCUT2D eigenvalue weighted by Gasteiger charge is -1.95. The number of aromatic nitrogens is 3. The third-order valence-corrected chi connectivity index (χ3v) is 2.37. The topological polar surface area (TPSA) is 64.7 Å². The van der Waals surface area contributed by atoms with Gasteiger partial charge >= 0.3 is 0 Å². The van der Waals surface area contributed by atoms with Gasteiger partial charge in [0.2, 0.25) is 0 Å². The Morgan fingerprint density at radius 3 is 2.69 bits per heavy atom. The molecule has 13 heavy (non-hydrogen) atoms. The Bertz CT molecular complexity index is 428. The van der Waals surface area contributed by atoms with E-state index in [0.29, 0.717) is 21.7 Å². The van der Waals surface area contributed by atoms with Crippen molar-refractivity contribution in [1.82, 2.24) is 15.0 Å². The summed E-state index contributed by atoms with van der Waals surface area (Å²) < 4.78 is 0. The van der Waals surface area contributed by atoms with E-state index in [4.69, 9.17) is 17.3 Å². The maximum Gasteiger partial charge on any atom is 0.180 e. The normalized spacial score (nSPS) is 10.2. The van der Waals surface area contributed by atoms with E-state index in [-0.39, 0.29) is 0 Å². The average Bonchev–Trinajstić information content (AvgIpc) is 2.53. The van der Waals surface area contributed by atoms with E-state index >= 15 is 0 Å². The second-order valence-electron chi connectivity index (χ2n) is 2.27. The van der Waals surface area contributed by atoms with Gasteiger partial charge in [-0.05, 0) is 0 Å². The second-order valence-corrected chi connectivity index (χ2v) is 3.51. The summed E-state index contributed by atoms with van der Waals surface area (Å²) in [5, 5.41) is 2.63. The lowest BCUT2D eigenvalue weighted by molar-refractivity contribution is 1.19. The van der Waals surface area contributed by atoms with E-state index in [9.17, 15) is 0 Å². The van der Waals surface area contributed by atoms with Gasteiger partial charge in [-0.3, -0.25) is 0 Å². The second kappa shape index (κ2) is 3.27. The molecule has 0 spiro atoms. The molecule has 2 heterocycles. The SMILES string of the molecule is Nc1nc(-c2nccnc2Cl)cs1. The Morgan fingerprint density at radius 2 is 2.08 bits per heavy atom. The van der Waals surface area contributed by atoms with E-state index in [1.807, 2.05) is 0 Å². The molecule has 2 aromatic heterocycles. The smallest absolute Gasteiger partial charge is 0.180 e. The largest absolute Gasteiger partial charge is 0.375 e. The molecule has 0 saturated heterocycles. The molecule has 0 aliphatic carbocycles. The molecule has 2 rings (SSSR count). The molecule has 0 radical (unpaired) electrons. The maximum atomic E-state index is 5.82. The standard InChI is InChI=1S/C7H5ClN4S/c8-6-5(10-1-2-11-6)4-3-13-7(9)12-4/h1-3H,(H2,9,12). The van der Waals surface area contributed by atoms with Crippen LogP contribution in [0.5, 0.6) is 0 Å². The molecule has 0 amide bonds. The van der Waals surface area contributed by atoms with Crippen LogP contribution in [0.2, 0.25) is 5.15 Å². The molecule has 0 aliphatic rings. The van der Waals surface area contributed by atoms with Crippen LogP contribution in [0.25, 0.3) is 11.4 Å². The monoisotopic (exact) mass is 212 g/mol. The van der Waals surface area contributed by atoms with Crippen LogP contribution >= 0.6 is 22.9 Å². The zero-order valence-corrected chi connectivity index (χ0v) is 8.01. The highest BCUT2D eigenvalue weighted by molar-refractivity contribution is 7.13. The van der Waals surface area contributed by atoms with Crippen molar-refractivity contribution in [2.45, 2.75) is 0 Å². The van der Waals surface area contributed by atoms with Crippen molar-refractivity contribution in [3.63, 3.8) is 0 Å². The predicted molar refractivity (Wildman–Crippen MR) is 52.6 cm³/mol. The molecular weight excluding hydrogens is 208 g/mol. The van der Waals surface area contributed by atoms with Crippen molar-refractivity contribution in [2.24, 2.45) is 0 Å². The molecule has 0 fully saturated rings. The maximum absolute atomic E-state index is 5.82. The van der Waals surface area contributed by atoms with Gasteiger partial charge in [0.05, 0.1) is 0 Å². The van der Waals surface area contributed by atoms with Crippen LogP contribution in [-0.4, -0.2) is 15.0 Å². The number of nitrogens with zero attached hydrogens (tertiary/aromatic N) is 3. The van der Waals surface area contributed by atoms with E-state index in [1.165, 1.54) is 17.5 Å². The highest BCUT2D eigenvalue weighted by Gasteiger charge is 2.08. The van der Waals surface area contributed by atoms with Crippen LogP contribution in [0, 0.1) is 0 Å². The highest BCUT2D eigenvalue weighted by atomic mass is 35.5. The fourth-order valence-corrected chi connectivity index (χ4v) is 1.64. The first-order chi connectivity index (χ1) is 6.27. The lowest BCUT2D eigenvalue weighted by atomic mass is 10.3. The van der Waals surface area contributed by atoms with Gasteiger partial charge in [-0.1, -0.05) is 11.6 Å². The van der Waals surface area contributed by atoms with Crippen molar-refractivity contribution in [3.8, 4) is 11.4 Å². The number of hydrogen-bond acceptors (Lipinski definition) is 5. The number of nitrogens with two attached hydrogens (primary N) is 1. The first-order valence-corrected chi connectivity index (χ1v) is 4.71. The summed E-state index contributed by atoms with van der Waals surface area (Å²) in [7, 11) is 0. The summed E-state index contributed by atoms with van der Waals surface area (Å²) in [4.78, 5) is 12.0. The number of halogens is 1. The number of anilines is 1. The number of nitrogen functional groups attached to an aromatic ring is 1. The molecule has 4 nitrogen and oxygen atoms in total. The zero-order chi connectivity index (χ0) is 9.26. The van der Waals surface area contributed by atoms with Crippen molar-refractivity contribution in [3.05, 3.63) is 22.9 Å². The summed E-state index contributed by atoms with van der Waals surface area (Å²) in [6, 6.07) is 0. The summed E-state index contributed by atoms with van der Waals surface area (Å²) in [6.07, 6.45) is 3.10. The quantitative estimate of drug-likeness (QED) is 0.784. The molecule has 0 atom stereocenters. The fraction of sp³-hybridized carbons (Fsp3) is 0. The van der Waals surface area contributed by atoms with Crippen molar-refractivity contribution >= 4 is 28.1 Å². The van der Waals surface area contributed by atoms with Crippen molar-refractivity contribution in [1.29, 1.82) is 0 Å². The molecule has 0 bridgehead atoms. The minimum atomic E-state index is 0.341. The minimum absolute atomic E-state index is 0.341. The molecule has 2 aromatic rings. The van der Waals surface area contributed by atoms with Crippen LogP contribution in [0.4, 0.5) is 5.13 Å². The van der Waals surface area contributed by atoms with Gasteiger partial charge in [-0.25, -0.2) is 15.0 Å². The van der Waals surface area contributed by atoms with E-state index in [0.717, 1.165) is 0 Å².